The summed E-state index contributed by atoms with van der Waals surface area (Å²) in [4.78, 5) is 18.4. The van der Waals surface area contributed by atoms with Crippen molar-refractivity contribution >= 4 is 6.03 Å². The highest BCUT2D eigenvalue weighted by atomic mass is 16.3. The molecular weight excluding hydrogens is 318 g/mol. The quantitative estimate of drug-likeness (QED) is 0.875. The van der Waals surface area contributed by atoms with Gasteiger partial charge in [0.1, 0.15) is 6.26 Å². The maximum Gasteiger partial charge on any atom is 0.317 e. The number of benzene rings is 1. The first-order chi connectivity index (χ1) is 12.2. The van der Waals surface area contributed by atoms with E-state index in [2.05, 4.69) is 10.3 Å². The number of likely N-dealkylation sites (tertiary alicyclic amines) is 1. The largest absolute Gasteiger partial charge is 0.444 e. The fourth-order valence-electron chi connectivity index (χ4n) is 2.98. The summed E-state index contributed by atoms with van der Waals surface area (Å²) in [6.45, 7) is 4.19. The van der Waals surface area contributed by atoms with Gasteiger partial charge < -0.3 is 19.7 Å². The molecule has 0 bridgehead atoms. The second-order valence-corrected chi connectivity index (χ2v) is 6.60. The standard InChI is InChI=1S/C19H25N3O3/c1-14-2-4-16(5-3-14)18-21-17(13-25-18)6-9-20-19(24)22-10-7-15(12-23)8-11-22/h2-5,13,15,23H,6-12H2,1H3,(H,20,24). The molecule has 1 aromatic carbocycles. The number of aromatic nitrogens is 1. The summed E-state index contributed by atoms with van der Waals surface area (Å²) in [5.41, 5.74) is 2.98. The topological polar surface area (TPSA) is 78.6 Å². The SMILES string of the molecule is Cc1ccc(-c2nc(CCNC(=O)N3CCC(CO)CC3)co2)cc1. The van der Waals surface area contributed by atoms with Gasteiger partial charge in [0.25, 0.3) is 0 Å². The number of aliphatic hydroxyl groups excluding tert-OH is 1. The van der Waals surface area contributed by atoms with Crippen LogP contribution in [0.4, 0.5) is 4.79 Å². The van der Waals surface area contributed by atoms with Crippen molar-refractivity contribution in [2.24, 2.45) is 5.92 Å². The van der Waals surface area contributed by atoms with Crippen LogP contribution in [0.1, 0.15) is 24.1 Å². The Bertz CT molecular complexity index is 688. The smallest absolute Gasteiger partial charge is 0.317 e. The molecule has 0 spiro atoms. The Labute approximate surface area is 147 Å². The molecule has 1 aliphatic heterocycles. The van der Waals surface area contributed by atoms with Gasteiger partial charge >= 0.3 is 6.03 Å². The molecule has 0 saturated carbocycles. The fraction of sp³-hybridized carbons (Fsp3) is 0.474. The minimum atomic E-state index is -0.0429. The van der Waals surface area contributed by atoms with Crippen LogP contribution in [-0.4, -0.2) is 47.3 Å². The molecule has 2 aromatic rings. The average Bonchev–Trinajstić information content (AvgIpc) is 3.11. The van der Waals surface area contributed by atoms with Crippen LogP contribution in [0.15, 0.2) is 34.9 Å². The summed E-state index contributed by atoms with van der Waals surface area (Å²) in [5, 5.41) is 12.1. The number of nitrogens with one attached hydrogen (secondary N) is 1. The van der Waals surface area contributed by atoms with E-state index in [4.69, 9.17) is 9.52 Å². The molecule has 2 heterocycles. The van der Waals surface area contributed by atoms with E-state index in [9.17, 15) is 4.79 Å². The number of carbonyl (C=O) groups excluding carboxylic acids is 1. The highest BCUT2D eigenvalue weighted by molar-refractivity contribution is 5.74. The molecule has 1 aromatic heterocycles. The number of amides is 2. The predicted octanol–water partition coefficient (Wildman–Crippen LogP) is 2.61. The van der Waals surface area contributed by atoms with Gasteiger partial charge in [-0.25, -0.2) is 9.78 Å². The van der Waals surface area contributed by atoms with E-state index in [1.165, 1.54) is 5.56 Å². The van der Waals surface area contributed by atoms with Gasteiger partial charge in [0.05, 0.1) is 5.69 Å². The molecule has 2 N–H and O–H groups in total. The predicted molar refractivity (Wildman–Crippen MR) is 95.2 cm³/mol. The zero-order valence-electron chi connectivity index (χ0n) is 14.6. The van der Waals surface area contributed by atoms with Crippen molar-refractivity contribution < 1.29 is 14.3 Å². The maximum absolute atomic E-state index is 12.2. The van der Waals surface area contributed by atoms with Crippen LogP contribution < -0.4 is 5.32 Å². The molecule has 0 aliphatic carbocycles. The van der Waals surface area contributed by atoms with E-state index in [1.54, 1.807) is 6.26 Å². The van der Waals surface area contributed by atoms with E-state index < -0.39 is 0 Å². The highest BCUT2D eigenvalue weighted by Gasteiger charge is 2.21. The number of rotatable bonds is 5. The molecule has 1 fully saturated rings. The third-order valence-corrected chi connectivity index (χ3v) is 4.67. The van der Waals surface area contributed by atoms with Crippen LogP contribution in [0, 0.1) is 12.8 Å². The zero-order chi connectivity index (χ0) is 17.6. The minimum Gasteiger partial charge on any atom is -0.444 e. The van der Waals surface area contributed by atoms with Crippen molar-refractivity contribution in [2.75, 3.05) is 26.2 Å². The Morgan fingerprint density at radius 1 is 1.32 bits per heavy atom. The average molecular weight is 343 g/mol. The van der Waals surface area contributed by atoms with Crippen molar-refractivity contribution in [3.8, 4) is 11.5 Å². The highest BCUT2D eigenvalue weighted by Crippen LogP contribution is 2.19. The summed E-state index contributed by atoms with van der Waals surface area (Å²) in [7, 11) is 0. The van der Waals surface area contributed by atoms with Crippen LogP contribution in [0.3, 0.4) is 0 Å². The van der Waals surface area contributed by atoms with Crippen molar-refractivity contribution in [1.82, 2.24) is 15.2 Å². The van der Waals surface area contributed by atoms with Crippen molar-refractivity contribution in [3.05, 3.63) is 41.8 Å². The molecule has 1 saturated heterocycles. The summed E-state index contributed by atoms with van der Waals surface area (Å²) in [5.74, 6) is 0.937. The Balaban J connectivity index is 1.45. The maximum atomic E-state index is 12.2. The summed E-state index contributed by atoms with van der Waals surface area (Å²) in [6, 6.07) is 7.99. The lowest BCUT2D eigenvalue weighted by Gasteiger charge is -2.31. The number of aliphatic hydroxyl groups is 1. The van der Waals surface area contributed by atoms with E-state index in [-0.39, 0.29) is 12.6 Å². The summed E-state index contributed by atoms with van der Waals surface area (Å²) < 4.78 is 5.53. The third-order valence-electron chi connectivity index (χ3n) is 4.67. The second-order valence-electron chi connectivity index (χ2n) is 6.60. The Kier molecular flexibility index (Phi) is 5.71. The number of oxazole rings is 1. The fourth-order valence-corrected chi connectivity index (χ4v) is 2.98. The number of hydrogen-bond acceptors (Lipinski definition) is 4. The van der Waals surface area contributed by atoms with Gasteiger partial charge in [-0.2, -0.15) is 0 Å². The number of aryl methyl sites for hydroxylation is 1. The van der Waals surface area contributed by atoms with Gasteiger partial charge in [-0.3, -0.25) is 0 Å². The number of hydrogen-bond donors (Lipinski definition) is 2. The lowest BCUT2D eigenvalue weighted by molar-refractivity contribution is 0.137. The molecule has 0 unspecified atom stereocenters. The molecule has 2 amide bonds. The third kappa shape index (κ3) is 4.60. The van der Waals surface area contributed by atoms with Gasteiger partial charge in [-0.05, 0) is 37.8 Å². The van der Waals surface area contributed by atoms with Crippen LogP contribution >= 0.6 is 0 Å². The molecule has 0 radical (unpaired) electrons. The molecule has 0 atom stereocenters. The van der Waals surface area contributed by atoms with Gasteiger partial charge in [-0.15, -0.1) is 0 Å². The van der Waals surface area contributed by atoms with Gasteiger partial charge in [0.15, 0.2) is 0 Å². The molecule has 3 rings (SSSR count). The van der Waals surface area contributed by atoms with Gasteiger partial charge in [0, 0.05) is 38.2 Å². The van der Waals surface area contributed by atoms with Gasteiger partial charge in [-0.1, -0.05) is 17.7 Å². The number of urea groups is 1. The van der Waals surface area contributed by atoms with Crippen molar-refractivity contribution in [1.29, 1.82) is 0 Å². The molecule has 1 aliphatic rings. The summed E-state index contributed by atoms with van der Waals surface area (Å²) >= 11 is 0. The molecule has 134 valence electrons. The molecule has 6 heteroatoms. The first-order valence-corrected chi connectivity index (χ1v) is 8.81. The Hall–Kier alpha value is -2.34. The first-order valence-electron chi connectivity index (χ1n) is 8.81. The number of nitrogens with zero attached hydrogens (tertiary/aromatic N) is 2. The minimum absolute atomic E-state index is 0.0429. The molecule has 25 heavy (non-hydrogen) atoms. The van der Waals surface area contributed by atoms with Crippen molar-refractivity contribution in [2.45, 2.75) is 26.2 Å². The Morgan fingerprint density at radius 2 is 2.04 bits per heavy atom. The van der Waals surface area contributed by atoms with E-state index in [1.807, 2.05) is 36.1 Å². The molecule has 6 nitrogen and oxygen atoms in total. The van der Waals surface area contributed by atoms with E-state index >= 15 is 0 Å². The lowest BCUT2D eigenvalue weighted by Crippen LogP contribution is -2.45. The normalized spacial score (nSPS) is 15.4. The van der Waals surface area contributed by atoms with Crippen LogP contribution in [-0.2, 0) is 6.42 Å². The summed E-state index contributed by atoms with van der Waals surface area (Å²) in [6.07, 6.45) is 4.02. The van der Waals surface area contributed by atoms with E-state index in [0.29, 0.717) is 37.9 Å². The van der Waals surface area contributed by atoms with Crippen molar-refractivity contribution in [3.63, 3.8) is 0 Å². The lowest BCUT2D eigenvalue weighted by atomic mass is 9.98. The van der Waals surface area contributed by atoms with Crippen LogP contribution in [0.25, 0.3) is 11.5 Å². The molecular formula is C19H25N3O3. The Morgan fingerprint density at radius 3 is 2.72 bits per heavy atom. The van der Waals surface area contributed by atoms with E-state index in [0.717, 1.165) is 24.1 Å². The zero-order valence-corrected chi connectivity index (χ0v) is 14.6. The van der Waals surface area contributed by atoms with Gasteiger partial charge in [0.2, 0.25) is 5.89 Å². The van der Waals surface area contributed by atoms with Crippen LogP contribution in [0.2, 0.25) is 0 Å². The number of piperidine rings is 1. The second kappa shape index (κ2) is 8.16. The monoisotopic (exact) mass is 343 g/mol. The van der Waals surface area contributed by atoms with Crippen LogP contribution in [0.5, 0.6) is 0 Å². The number of carbonyl (C=O) groups is 1. The first kappa shape index (κ1) is 17.5.